The number of hydrogen-bond donors (Lipinski definition) is 0. The van der Waals surface area contributed by atoms with Crippen LogP contribution in [0.5, 0.6) is 11.5 Å². The van der Waals surface area contributed by atoms with E-state index in [9.17, 15) is 4.79 Å². The molecule has 0 aromatic heterocycles. The zero-order valence-electron chi connectivity index (χ0n) is 11.9. The summed E-state index contributed by atoms with van der Waals surface area (Å²) in [5.41, 5.74) is 1.79. The van der Waals surface area contributed by atoms with Crippen LogP contribution in [0.15, 0.2) is 48.5 Å². The Hall–Kier alpha value is -2.23. The number of esters is 1. The Morgan fingerprint density at radius 2 is 1.40 bits per heavy atom. The van der Waals surface area contributed by atoms with Gasteiger partial charge in [-0.1, -0.05) is 31.2 Å². The minimum Gasteiger partial charge on any atom is -0.465 e. The maximum Gasteiger partial charge on any atom is 0.337 e. The maximum atomic E-state index is 11.3. The fraction of sp³-hybridized carbons (Fsp3) is 0.188. The lowest BCUT2D eigenvalue weighted by Crippen LogP contribution is -2.21. The largest absolute Gasteiger partial charge is 0.465 e. The summed E-state index contributed by atoms with van der Waals surface area (Å²) in [7, 11) is 1.36. The maximum absolute atomic E-state index is 11.3. The molecule has 20 heavy (non-hydrogen) atoms. The highest BCUT2D eigenvalue weighted by atomic mass is 16.5. The van der Waals surface area contributed by atoms with Crippen molar-refractivity contribution in [2.45, 2.75) is 13.6 Å². The molecule has 0 atom stereocenters. The fourth-order valence-corrected chi connectivity index (χ4v) is 1.83. The molecular formula is C16H17BO3. The van der Waals surface area contributed by atoms with Gasteiger partial charge in [-0.15, -0.1) is 0 Å². The van der Waals surface area contributed by atoms with Gasteiger partial charge >= 0.3 is 5.97 Å². The summed E-state index contributed by atoms with van der Waals surface area (Å²) in [6.45, 7) is 4.81. The monoisotopic (exact) mass is 268 g/mol. The molecule has 2 rings (SSSR count). The van der Waals surface area contributed by atoms with Gasteiger partial charge in [-0.05, 0) is 36.4 Å². The summed E-state index contributed by atoms with van der Waals surface area (Å²) in [6.07, 6.45) is 0. The Kier molecular flexibility index (Phi) is 4.46. The van der Waals surface area contributed by atoms with Crippen molar-refractivity contribution in [3.8, 4) is 11.5 Å². The number of ether oxygens (including phenoxy) is 2. The fourth-order valence-electron chi connectivity index (χ4n) is 1.83. The summed E-state index contributed by atoms with van der Waals surface area (Å²) in [4.78, 5) is 11.3. The van der Waals surface area contributed by atoms with Gasteiger partial charge in [0.25, 0.3) is 0 Å². The highest BCUT2D eigenvalue weighted by Crippen LogP contribution is 2.21. The van der Waals surface area contributed by atoms with E-state index in [0.717, 1.165) is 5.75 Å². The van der Waals surface area contributed by atoms with E-state index in [0.29, 0.717) is 18.0 Å². The Morgan fingerprint density at radius 1 is 0.900 bits per heavy atom. The van der Waals surface area contributed by atoms with Crippen molar-refractivity contribution in [1.82, 2.24) is 0 Å². The minimum absolute atomic E-state index is 0.349. The van der Waals surface area contributed by atoms with Crippen molar-refractivity contribution >= 4 is 18.1 Å². The van der Waals surface area contributed by atoms with E-state index in [2.05, 4.69) is 30.5 Å². The molecule has 4 heteroatoms. The smallest absolute Gasteiger partial charge is 0.337 e. The van der Waals surface area contributed by atoms with Gasteiger partial charge in [0, 0.05) is 0 Å². The van der Waals surface area contributed by atoms with Gasteiger partial charge in [-0.3, -0.25) is 0 Å². The van der Waals surface area contributed by atoms with Gasteiger partial charge in [-0.2, -0.15) is 0 Å². The zero-order valence-corrected chi connectivity index (χ0v) is 11.9. The van der Waals surface area contributed by atoms with Crippen molar-refractivity contribution in [2.75, 3.05) is 7.11 Å². The first-order chi connectivity index (χ1) is 9.60. The molecule has 0 saturated carbocycles. The van der Waals surface area contributed by atoms with E-state index in [1.54, 1.807) is 24.3 Å². The molecule has 0 bridgehead atoms. The lowest BCUT2D eigenvalue weighted by Gasteiger charge is -2.08. The quantitative estimate of drug-likeness (QED) is 0.630. The van der Waals surface area contributed by atoms with Gasteiger partial charge in [0.2, 0.25) is 0 Å². The van der Waals surface area contributed by atoms with Crippen LogP contribution in [0.3, 0.4) is 0 Å². The highest BCUT2D eigenvalue weighted by Gasteiger charge is 2.06. The van der Waals surface area contributed by atoms with Crippen LogP contribution in [-0.4, -0.2) is 19.8 Å². The first-order valence-corrected chi connectivity index (χ1v) is 6.56. The summed E-state index contributed by atoms with van der Waals surface area (Å²) >= 11 is 0. The molecule has 0 aliphatic heterocycles. The highest BCUT2D eigenvalue weighted by molar-refractivity contribution is 6.70. The Morgan fingerprint density at radius 3 is 1.85 bits per heavy atom. The van der Waals surface area contributed by atoms with Crippen LogP contribution in [0.1, 0.15) is 10.4 Å². The van der Waals surface area contributed by atoms with Crippen molar-refractivity contribution in [3.05, 3.63) is 54.1 Å². The molecule has 0 amide bonds. The third kappa shape index (κ3) is 3.41. The topological polar surface area (TPSA) is 35.5 Å². The summed E-state index contributed by atoms with van der Waals surface area (Å²) < 4.78 is 10.4. The van der Waals surface area contributed by atoms with Gasteiger partial charge < -0.3 is 9.47 Å². The molecule has 0 heterocycles. The SMILES string of the molecule is COC(=O)c1ccc(Oc2ccc(B(C)C)cc2)cc1. The van der Waals surface area contributed by atoms with E-state index < -0.39 is 0 Å². The van der Waals surface area contributed by atoms with E-state index in [4.69, 9.17) is 4.74 Å². The van der Waals surface area contributed by atoms with Crippen LogP contribution >= 0.6 is 0 Å². The predicted molar refractivity (Wildman–Crippen MR) is 81.4 cm³/mol. The molecule has 0 aliphatic rings. The lowest BCUT2D eigenvalue weighted by atomic mass is 9.49. The molecule has 0 spiro atoms. The standard InChI is InChI=1S/C16H17BO3/c1-17(2)13-6-10-15(11-7-13)20-14-8-4-12(5-9-14)16(18)19-3/h4-11H,1-3H3. The molecule has 3 nitrogen and oxygen atoms in total. The number of methoxy groups -OCH3 is 1. The number of carbonyl (C=O) groups excluding carboxylic acids is 1. The molecule has 0 fully saturated rings. The second-order valence-electron chi connectivity index (χ2n) is 4.84. The van der Waals surface area contributed by atoms with Gasteiger partial charge in [0.15, 0.2) is 6.71 Å². The van der Waals surface area contributed by atoms with Crippen LogP contribution in [0.4, 0.5) is 0 Å². The minimum atomic E-state index is -0.349. The third-order valence-electron chi connectivity index (χ3n) is 3.06. The number of hydrogen-bond acceptors (Lipinski definition) is 3. The number of rotatable bonds is 4. The molecule has 0 N–H and O–H groups in total. The Labute approximate surface area is 119 Å². The van der Waals surface area contributed by atoms with Crippen LogP contribution in [-0.2, 0) is 4.74 Å². The van der Waals surface area contributed by atoms with Crippen LogP contribution < -0.4 is 10.2 Å². The molecule has 0 saturated heterocycles. The molecule has 2 aromatic rings. The molecule has 102 valence electrons. The second-order valence-corrected chi connectivity index (χ2v) is 4.84. The number of carbonyl (C=O) groups is 1. The van der Waals surface area contributed by atoms with E-state index in [1.807, 2.05) is 12.1 Å². The van der Waals surface area contributed by atoms with Crippen LogP contribution in [0.25, 0.3) is 0 Å². The molecular weight excluding hydrogens is 251 g/mol. The first-order valence-electron chi connectivity index (χ1n) is 6.56. The summed E-state index contributed by atoms with van der Waals surface area (Å²) in [5.74, 6) is 1.12. The zero-order chi connectivity index (χ0) is 14.5. The van der Waals surface area contributed by atoms with Gasteiger partial charge in [-0.25, -0.2) is 4.79 Å². The predicted octanol–water partition coefficient (Wildman–Crippen LogP) is 3.23. The third-order valence-corrected chi connectivity index (χ3v) is 3.06. The first kappa shape index (κ1) is 14.2. The van der Waals surface area contributed by atoms with E-state index >= 15 is 0 Å². The van der Waals surface area contributed by atoms with Crippen LogP contribution in [0.2, 0.25) is 13.6 Å². The summed E-state index contributed by atoms with van der Waals surface area (Å²) in [6, 6.07) is 14.9. The van der Waals surface area contributed by atoms with Crippen molar-refractivity contribution < 1.29 is 14.3 Å². The van der Waals surface area contributed by atoms with Crippen LogP contribution in [0, 0.1) is 0 Å². The van der Waals surface area contributed by atoms with Crippen molar-refractivity contribution in [1.29, 1.82) is 0 Å². The summed E-state index contributed by atoms with van der Waals surface area (Å²) in [5, 5.41) is 0. The van der Waals surface area contributed by atoms with E-state index in [-0.39, 0.29) is 5.97 Å². The lowest BCUT2D eigenvalue weighted by molar-refractivity contribution is 0.0600. The van der Waals surface area contributed by atoms with Crippen molar-refractivity contribution in [2.24, 2.45) is 0 Å². The molecule has 2 aromatic carbocycles. The molecule has 0 aliphatic carbocycles. The molecule has 0 radical (unpaired) electrons. The second kappa shape index (κ2) is 6.28. The van der Waals surface area contributed by atoms with Crippen molar-refractivity contribution in [3.63, 3.8) is 0 Å². The number of benzene rings is 2. The van der Waals surface area contributed by atoms with Gasteiger partial charge in [0.1, 0.15) is 11.5 Å². The average Bonchev–Trinajstić information content (AvgIpc) is 2.48. The Balaban J connectivity index is 2.08. The normalized spacial score (nSPS) is 9.95. The Bertz CT molecular complexity index is 574. The molecule has 0 unspecified atom stereocenters. The average molecular weight is 268 g/mol. The van der Waals surface area contributed by atoms with Gasteiger partial charge in [0.05, 0.1) is 12.7 Å². The van der Waals surface area contributed by atoms with E-state index in [1.165, 1.54) is 12.6 Å².